The number of hydrogen-bond acceptors (Lipinski definition) is 2. The van der Waals surface area contributed by atoms with Gasteiger partial charge in [0.1, 0.15) is 0 Å². The van der Waals surface area contributed by atoms with Crippen molar-refractivity contribution in [1.29, 1.82) is 0 Å². The first-order valence-electron chi connectivity index (χ1n) is 6.48. The third kappa shape index (κ3) is 2.38. The third-order valence-electron chi connectivity index (χ3n) is 3.55. The molecule has 1 aromatic carbocycles. The highest BCUT2D eigenvalue weighted by Gasteiger charge is 2.22. The summed E-state index contributed by atoms with van der Waals surface area (Å²) in [6.07, 6.45) is 5.44. The van der Waals surface area contributed by atoms with Crippen molar-refractivity contribution in [2.45, 2.75) is 38.3 Å². The molecule has 2 aliphatic rings. The monoisotopic (exact) mass is 216 g/mol. The van der Waals surface area contributed by atoms with E-state index < -0.39 is 0 Å². The molecular weight excluding hydrogens is 196 g/mol. The summed E-state index contributed by atoms with van der Waals surface area (Å²) in [7, 11) is 0. The van der Waals surface area contributed by atoms with Crippen molar-refractivity contribution in [2.75, 3.05) is 18.4 Å². The molecule has 86 valence electrons. The first-order chi connectivity index (χ1) is 7.92. The highest BCUT2D eigenvalue weighted by molar-refractivity contribution is 5.52. The van der Waals surface area contributed by atoms with Gasteiger partial charge in [0.15, 0.2) is 0 Å². The van der Waals surface area contributed by atoms with E-state index in [1.54, 1.807) is 0 Å². The molecule has 1 aliphatic heterocycles. The fourth-order valence-corrected chi connectivity index (χ4v) is 2.43. The Labute approximate surface area is 97.6 Å². The first kappa shape index (κ1) is 10.2. The highest BCUT2D eigenvalue weighted by Crippen LogP contribution is 2.27. The second-order valence-electron chi connectivity index (χ2n) is 5.06. The van der Waals surface area contributed by atoms with Crippen molar-refractivity contribution in [2.24, 2.45) is 0 Å². The number of anilines is 1. The zero-order chi connectivity index (χ0) is 10.8. The number of rotatable bonds is 4. The molecule has 0 atom stereocenters. The summed E-state index contributed by atoms with van der Waals surface area (Å²) in [4.78, 5) is 2.56. The summed E-state index contributed by atoms with van der Waals surface area (Å²) in [6, 6.07) is 9.54. The van der Waals surface area contributed by atoms with E-state index in [0.29, 0.717) is 0 Å². The Bertz CT molecular complexity index is 352. The average molecular weight is 216 g/mol. The normalized spacial score (nSPS) is 21.2. The van der Waals surface area contributed by atoms with Crippen LogP contribution in [0.4, 0.5) is 5.69 Å². The van der Waals surface area contributed by atoms with E-state index in [0.717, 1.165) is 12.6 Å². The van der Waals surface area contributed by atoms with Crippen LogP contribution in [0.5, 0.6) is 0 Å². The summed E-state index contributed by atoms with van der Waals surface area (Å²) in [5.41, 5.74) is 2.83. The van der Waals surface area contributed by atoms with Crippen molar-refractivity contribution in [3.8, 4) is 0 Å². The largest absolute Gasteiger partial charge is 0.382 e. The number of benzene rings is 1. The number of hydrogen-bond donors (Lipinski definition) is 1. The van der Waals surface area contributed by atoms with E-state index in [9.17, 15) is 0 Å². The van der Waals surface area contributed by atoms with Crippen molar-refractivity contribution in [1.82, 2.24) is 4.90 Å². The van der Waals surface area contributed by atoms with Gasteiger partial charge in [-0.1, -0.05) is 18.2 Å². The van der Waals surface area contributed by atoms with Crippen molar-refractivity contribution >= 4 is 5.69 Å². The van der Waals surface area contributed by atoms with Crippen LogP contribution in [0.15, 0.2) is 24.3 Å². The maximum atomic E-state index is 3.63. The maximum absolute atomic E-state index is 3.63. The van der Waals surface area contributed by atoms with Gasteiger partial charge >= 0.3 is 0 Å². The van der Waals surface area contributed by atoms with Gasteiger partial charge in [-0.25, -0.2) is 0 Å². The number of para-hydroxylation sites is 1. The quantitative estimate of drug-likeness (QED) is 0.832. The Morgan fingerprint density at radius 2 is 1.88 bits per heavy atom. The van der Waals surface area contributed by atoms with E-state index in [1.165, 1.54) is 50.0 Å². The zero-order valence-electron chi connectivity index (χ0n) is 9.78. The van der Waals surface area contributed by atoms with Crippen molar-refractivity contribution in [3.05, 3.63) is 29.8 Å². The standard InChI is InChI=1S/C14H20N2/c1-2-6-14(15-13-7-8-13)12(5-1)11-16-9-3-4-10-16/h1-2,5-6,13,15H,3-4,7-11H2. The number of likely N-dealkylation sites (tertiary alicyclic amines) is 1. The summed E-state index contributed by atoms with van der Waals surface area (Å²) in [6.45, 7) is 3.67. The molecule has 0 amide bonds. The van der Waals surface area contributed by atoms with E-state index in [-0.39, 0.29) is 0 Å². The minimum atomic E-state index is 0.750. The predicted molar refractivity (Wildman–Crippen MR) is 67.6 cm³/mol. The molecule has 16 heavy (non-hydrogen) atoms. The van der Waals surface area contributed by atoms with Gasteiger partial charge in [-0.3, -0.25) is 4.90 Å². The molecule has 2 nitrogen and oxygen atoms in total. The molecule has 0 bridgehead atoms. The van der Waals surface area contributed by atoms with Gasteiger partial charge in [-0.15, -0.1) is 0 Å². The average Bonchev–Trinajstić information content (AvgIpc) is 2.96. The fourth-order valence-electron chi connectivity index (χ4n) is 2.43. The summed E-state index contributed by atoms with van der Waals surface area (Å²) in [5, 5.41) is 3.63. The van der Waals surface area contributed by atoms with Gasteiger partial charge in [0.2, 0.25) is 0 Å². The molecular formula is C14H20N2. The Kier molecular flexibility index (Phi) is 2.83. The smallest absolute Gasteiger partial charge is 0.0388 e. The lowest BCUT2D eigenvalue weighted by atomic mass is 10.1. The number of nitrogens with one attached hydrogen (secondary N) is 1. The Hall–Kier alpha value is -1.02. The van der Waals surface area contributed by atoms with Crippen molar-refractivity contribution < 1.29 is 0 Å². The van der Waals surface area contributed by atoms with Gasteiger partial charge in [0.25, 0.3) is 0 Å². The van der Waals surface area contributed by atoms with Crippen LogP contribution in [0.25, 0.3) is 0 Å². The lowest BCUT2D eigenvalue weighted by molar-refractivity contribution is 0.332. The van der Waals surface area contributed by atoms with Crippen LogP contribution >= 0.6 is 0 Å². The van der Waals surface area contributed by atoms with E-state index in [2.05, 4.69) is 34.5 Å². The molecule has 1 heterocycles. The Balaban J connectivity index is 1.70. The van der Waals surface area contributed by atoms with E-state index in [4.69, 9.17) is 0 Å². The molecule has 2 fully saturated rings. The molecule has 3 rings (SSSR count). The topological polar surface area (TPSA) is 15.3 Å². The summed E-state index contributed by atoms with van der Waals surface area (Å²) >= 11 is 0. The van der Waals surface area contributed by atoms with Gasteiger partial charge in [0, 0.05) is 18.3 Å². The predicted octanol–water partition coefficient (Wildman–Crippen LogP) is 2.86. The minimum absolute atomic E-state index is 0.750. The zero-order valence-corrected chi connectivity index (χ0v) is 9.78. The Morgan fingerprint density at radius 1 is 1.12 bits per heavy atom. The molecule has 2 heteroatoms. The number of nitrogens with zero attached hydrogens (tertiary/aromatic N) is 1. The maximum Gasteiger partial charge on any atom is 0.0388 e. The molecule has 1 N–H and O–H groups in total. The fraction of sp³-hybridized carbons (Fsp3) is 0.571. The Morgan fingerprint density at radius 3 is 2.62 bits per heavy atom. The van der Waals surface area contributed by atoms with Crippen LogP contribution < -0.4 is 5.32 Å². The van der Waals surface area contributed by atoms with Gasteiger partial charge in [-0.05, 0) is 50.4 Å². The van der Waals surface area contributed by atoms with Crippen LogP contribution in [-0.2, 0) is 6.54 Å². The second-order valence-corrected chi connectivity index (χ2v) is 5.06. The van der Waals surface area contributed by atoms with E-state index in [1.807, 2.05) is 0 Å². The SMILES string of the molecule is c1ccc(NC2CC2)c(CN2CCCC2)c1. The molecule has 1 aliphatic carbocycles. The van der Waals surface area contributed by atoms with E-state index >= 15 is 0 Å². The van der Waals surface area contributed by atoms with Gasteiger partial charge < -0.3 is 5.32 Å². The second kappa shape index (κ2) is 4.46. The van der Waals surface area contributed by atoms with Gasteiger partial charge in [0.05, 0.1) is 0 Å². The molecule has 1 saturated carbocycles. The molecule has 0 radical (unpaired) electrons. The molecule has 0 aromatic heterocycles. The van der Waals surface area contributed by atoms with Gasteiger partial charge in [-0.2, -0.15) is 0 Å². The highest BCUT2D eigenvalue weighted by atomic mass is 15.1. The first-order valence-corrected chi connectivity index (χ1v) is 6.48. The van der Waals surface area contributed by atoms with Crippen LogP contribution in [0.3, 0.4) is 0 Å². The lowest BCUT2D eigenvalue weighted by Gasteiger charge is -2.18. The van der Waals surface area contributed by atoms with Crippen molar-refractivity contribution in [3.63, 3.8) is 0 Å². The molecule has 1 saturated heterocycles. The van der Waals surface area contributed by atoms with Crippen LogP contribution in [-0.4, -0.2) is 24.0 Å². The molecule has 0 spiro atoms. The molecule has 1 aromatic rings. The van der Waals surface area contributed by atoms with Crippen LogP contribution in [0, 0.1) is 0 Å². The minimum Gasteiger partial charge on any atom is -0.382 e. The summed E-state index contributed by atoms with van der Waals surface area (Å²) < 4.78 is 0. The lowest BCUT2D eigenvalue weighted by Crippen LogP contribution is -2.19. The summed E-state index contributed by atoms with van der Waals surface area (Å²) in [5.74, 6) is 0. The third-order valence-corrected chi connectivity index (χ3v) is 3.55. The molecule has 0 unspecified atom stereocenters. The van der Waals surface area contributed by atoms with Crippen LogP contribution in [0.2, 0.25) is 0 Å². The van der Waals surface area contributed by atoms with Crippen LogP contribution in [0.1, 0.15) is 31.2 Å².